The number of amides is 2. The molecule has 0 saturated heterocycles. The van der Waals surface area contributed by atoms with Crippen LogP contribution in [0.3, 0.4) is 0 Å². The first kappa shape index (κ1) is 24.3. The van der Waals surface area contributed by atoms with E-state index in [-0.39, 0.29) is 42.3 Å². The molecule has 0 aromatic heterocycles. The van der Waals surface area contributed by atoms with Crippen molar-refractivity contribution in [2.24, 2.45) is 0 Å². The Morgan fingerprint density at radius 3 is 2.68 bits per heavy atom. The third kappa shape index (κ3) is 4.57. The molecule has 0 saturated carbocycles. The van der Waals surface area contributed by atoms with E-state index in [4.69, 9.17) is 21.1 Å². The Morgan fingerprint density at radius 2 is 1.82 bits per heavy atom. The molecular weight excluding hydrogens is 527 g/mol. The van der Waals surface area contributed by atoms with Gasteiger partial charge in [-0.3, -0.25) is 9.59 Å². The third-order valence-corrected chi connectivity index (χ3v) is 7.86. The fourth-order valence-corrected chi connectivity index (χ4v) is 5.68. The summed E-state index contributed by atoms with van der Waals surface area (Å²) in [5.74, 6) is 0.190. The second-order valence-corrected chi connectivity index (χ2v) is 10.2. The zero-order chi connectivity index (χ0) is 26.2. The van der Waals surface area contributed by atoms with E-state index in [2.05, 4.69) is 5.32 Å². The minimum atomic E-state index is -0.505. The van der Waals surface area contributed by atoms with Gasteiger partial charge in [-0.15, -0.1) is 0 Å². The average molecular weight is 547 g/mol. The van der Waals surface area contributed by atoms with Crippen LogP contribution >= 0.6 is 23.4 Å². The molecule has 0 spiro atoms. The summed E-state index contributed by atoms with van der Waals surface area (Å²) in [7, 11) is 0. The molecule has 2 aliphatic rings. The molecule has 1 N–H and O–H groups in total. The first-order valence-electron chi connectivity index (χ1n) is 11.8. The van der Waals surface area contributed by atoms with E-state index in [0.717, 1.165) is 15.4 Å². The van der Waals surface area contributed by atoms with Crippen LogP contribution in [0.2, 0.25) is 5.02 Å². The molecule has 4 aromatic carbocycles. The largest absolute Gasteiger partial charge is 0.454 e. The number of nitrogens with one attached hydrogen (secondary N) is 1. The van der Waals surface area contributed by atoms with Gasteiger partial charge < -0.3 is 19.7 Å². The van der Waals surface area contributed by atoms with Crippen LogP contribution in [0.25, 0.3) is 0 Å². The van der Waals surface area contributed by atoms with Gasteiger partial charge in [-0.05, 0) is 60.2 Å². The summed E-state index contributed by atoms with van der Waals surface area (Å²) in [6.45, 7) is 0.365. The van der Waals surface area contributed by atoms with Crippen LogP contribution in [0, 0.1) is 5.82 Å². The number of ether oxygens (including phenoxy) is 2. The van der Waals surface area contributed by atoms with Crippen molar-refractivity contribution in [1.82, 2.24) is 5.32 Å². The third-order valence-electron chi connectivity index (χ3n) is 6.36. The van der Waals surface area contributed by atoms with Crippen molar-refractivity contribution < 1.29 is 23.5 Å². The summed E-state index contributed by atoms with van der Waals surface area (Å²) in [6.07, 6.45) is 0. The van der Waals surface area contributed by atoms with Crippen molar-refractivity contribution in [3.8, 4) is 11.5 Å². The maximum atomic E-state index is 14.7. The molecule has 0 atom stereocenters. The summed E-state index contributed by atoms with van der Waals surface area (Å²) in [6, 6.07) is 22.4. The van der Waals surface area contributed by atoms with Gasteiger partial charge in [0.25, 0.3) is 11.8 Å². The lowest BCUT2D eigenvalue weighted by molar-refractivity contribution is 0.0947. The molecule has 2 amide bonds. The molecule has 6 nitrogen and oxygen atoms in total. The highest BCUT2D eigenvalue weighted by Crippen LogP contribution is 2.43. The molecule has 2 aliphatic heterocycles. The van der Waals surface area contributed by atoms with Gasteiger partial charge in [-0.1, -0.05) is 47.6 Å². The maximum Gasteiger partial charge on any atom is 0.259 e. The zero-order valence-corrected chi connectivity index (χ0v) is 21.4. The molecule has 0 radical (unpaired) electrons. The lowest BCUT2D eigenvalue weighted by atomic mass is 10.1. The Labute approximate surface area is 227 Å². The number of carbonyl (C=O) groups is 2. The van der Waals surface area contributed by atoms with E-state index in [1.165, 1.54) is 28.8 Å². The second-order valence-electron chi connectivity index (χ2n) is 8.74. The Balaban J connectivity index is 1.33. The number of fused-ring (bicyclic) bond motifs is 3. The van der Waals surface area contributed by atoms with Crippen molar-refractivity contribution in [3.63, 3.8) is 0 Å². The number of halogens is 2. The lowest BCUT2D eigenvalue weighted by Crippen LogP contribution is -2.31. The highest BCUT2D eigenvalue weighted by Gasteiger charge is 2.29. The summed E-state index contributed by atoms with van der Waals surface area (Å²) in [5, 5.41) is 3.14. The van der Waals surface area contributed by atoms with E-state index in [0.29, 0.717) is 28.3 Å². The first-order chi connectivity index (χ1) is 18.5. The minimum absolute atomic E-state index is 0.0888. The fraction of sp³-hybridized carbons (Fsp3) is 0.103. The van der Waals surface area contributed by atoms with Crippen molar-refractivity contribution >= 4 is 40.9 Å². The SMILES string of the molecule is O=C(NCc1ccc2c(c1)OCO2)c1ccc2c(c1)N(Cc1c(F)cccc1Cl)C(=O)c1ccccc1S2. The monoisotopic (exact) mass is 546 g/mol. The molecule has 0 fully saturated rings. The molecular formula is C29H20ClFN2O4S. The van der Waals surface area contributed by atoms with Crippen molar-refractivity contribution in [2.45, 2.75) is 22.9 Å². The summed E-state index contributed by atoms with van der Waals surface area (Å²) >= 11 is 7.74. The van der Waals surface area contributed by atoms with Crippen LogP contribution in [0.15, 0.2) is 88.7 Å². The topological polar surface area (TPSA) is 67.9 Å². The molecule has 6 rings (SSSR count). The number of rotatable bonds is 5. The molecule has 0 bridgehead atoms. The van der Waals surface area contributed by atoms with Crippen molar-refractivity contribution in [3.05, 3.63) is 112 Å². The predicted molar refractivity (Wildman–Crippen MR) is 143 cm³/mol. The number of hydrogen-bond donors (Lipinski definition) is 1. The van der Waals surface area contributed by atoms with E-state index >= 15 is 0 Å². The Hall–Kier alpha value is -4.01. The number of carbonyl (C=O) groups excluding carboxylic acids is 2. The van der Waals surface area contributed by atoms with Crippen molar-refractivity contribution in [2.75, 3.05) is 11.7 Å². The van der Waals surface area contributed by atoms with Gasteiger partial charge in [-0.25, -0.2) is 4.39 Å². The molecule has 4 aromatic rings. The molecule has 190 valence electrons. The van der Waals surface area contributed by atoms with E-state index in [1.54, 1.807) is 42.5 Å². The van der Waals surface area contributed by atoms with Gasteiger partial charge in [0.15, 0.2) is 11.5 Å². The van der Waals surface area contributed by atoms with Gasteiger partial charge in [0.1, 0.15) is 5.82 Å². The molecule has 0 unspecified atom stereocenters. The average Bonchev–Trinajstić information content (AvgIpc) is 3.36. The summed E-state index contributed by atoms with van der Waals surface area (Å²) in [5.41, 5.74) is 2.43. The van der Waals surface area contributed by atoms with E-state index in [1.807, 2.05) is 24.3 Å². The number of hydrogen-bond acceptors (Lipinski definition) is 5. The van der Waals surface area contributed by atoms with Crippen LogP contribution in [-0.4, -0.2) is 18.6 Å². The van der Waals surface area contributed by atoms with Crippen LogP contribution in [0.1, 0.15) is 31.8 Å². The Kier molecular flexibility index (Phi) is 6.43. The van der Waals surface area contributed by atoms with Crippen LogP contribution in [0.5, 0.6) is 11.5 Å². The second kappa shape index (κ2) is 10.0. The van der Waals surface area contributed by atoms with Crippen LogP contribution in [0.4, 0.5) is 10.1 Å². The summed E-state index contributed by atoms with van der Waals surface area (Å²) < 4.78 is 25.5. The van der Waals surface area contributed by atoms with Gasteiger partial charge in [0.05, 0.1) is 17.8 Å². The van der Waals surface area contributed by atoms with Gasteiger partial charge >= 0.3 is 0 Å². The van der Waals surface area contributed by atoms with Gasteiger partial charge in [0.2, 0.25) is 6.79 Å². The number of nitrogens with zero attached hydrogens (tertiary/aromatic N) is 1. The highest BCUT2D eigenvalue weighted by atomic mass is 35.5. The zero-order valence-electron chi connectivity index (χ0n) is 19.9. The molecule has 0 aliphatic carbocycles. The molecule has 9 heteroatoms. The summed E-state index contributed by atoms with van der Waals surface area (Å²) in [4.78, 5) is 29.9. The lowest BCUT2D eigenvalue weighted by Gasteiger charge is -2.24. The van der Waals surface area contributed by atoms with Crippen LogP contribution in [-0.2, 0) is 13.1 Å². The number of benzene rings is 4. The minimum Gasteiger partial charge on any atom is -0.454 e. The fourth-order valence-electron chi connectivity index (χ4n) is 4.40. The molecule has 38 heavy (non-hydrogen) atoms. The maximum absolute atomic E-state index is 14.7. The first-order valence-corrected chi connectivity index (χ1v) is 13.0. The van der Waals surface area contributed by atoms with E-state index < -0.39 is 5.82 Å². The Morgan fingerprint density at radius 1 is 0.974 bits per heavy atom. The Bertz CT molecular complexity index is 1570. The normalized spacial score (nSPS) is 13.5. The van der Waals surface area contributed by atoms with E-state index in [9.17, 15) is 14.0 Å². The number of anilines is 1. The van der Waals surface area contributed by atoms with Crippen LogP contribution < -0.4 is 19.7 Å². The van der Waals surface area contributed by atoms with Crippen molar-refractivity contribution in [1.29, 1.82) is 0 Å². The highest BCUT2D eigenvalue weighted by molar-refractivity contribution is 7.99. The van der Waals surface area contributed by atoms with Gasteiger partial charge in [-0.2, -0.15) is 0 Å². The molecule has 2 heterocycles. The standard InChI is InChI=1S/C29H20ClFN2O4S/c30-21-5-3-6-22(31)20(21)15-33-23-13-18(9-11-27(23)38-26-7-2-1-4-19(26)29(33)35)28(34)32-14-17-8-10-24-25(12-17)37-16-36-24/h1-13H,14-16H2,(H,32,34). The smallest absolute Gasteiger partial charge is 0.259 e. The van der Waals surface area contributed by atoms with Gasteiger partial charge in [0, 0.05) is 32.5 Å². The predicted octanol–water partition coefficient (Wildman–Crippen LogP) is 6.45. The quantitative estimate of drug-likeness (QED) is 0.311.